The molecule has 0 bridgehead atoms. The van der Waals surface area contributed by atoms with Crippen molar-refractivity contribution in [1.29, 1.82) is 0 Å². The minimum absolute atomic E-state index is 0.752. The minimum atomic E-state index is 0.752. The Hall–Kier alpha value is -3.19. The highest BCUT2D eigenvalue weighted by Gasteiger charge is 2.15. The predicted molar refractivity (Wildman–Crippen MR) is 114 cm³/mol. The summed E-state index contributed by atoms with van der Waals surface area (Å²) in [6, 6.07) is 8.66. The van der Waals surface area contributed by atoms with E-state index < -0.39 is 0 Å². The summed E-state index contributed by atoms with van der Waals surface area (Å²) in [5.41, 5.74) is 5.24. The standard InChI is InChI=1S/C22H25N7/c1-28-15-18(13-26-28)20-14-25-22-21(24-9-10-29(20)22)27-19-4-2-3-17(12-19)11-16-5-7-23-8-6-16/h2-4,9-10,12-16,23H,5-8,11H2,1H3,(H,24,27). The summed E-state index contributed by atoms with van der Waals surface area (Å²) in [4.78, 5) is 9.15. The Morgan fingerprint density at radius 2 is 2.07 bits per heavy atom. The topological polar surface area (TPSA) is 72.1 Å². The summed E-state index contributed by atoms with van der Waals surface area (Å²) >= 11 is 0. The summed E-state index contributed by atoms with van der Waals surface area (Å²) in [5.74, 6) is 1.52. The molecule has 0 radical (unpaired) electrons. The normalized spacial score (nSPS) is 15.1. The fourth-order valence-electron chi connectivity index (χ4n) is 4.11. The van der Waals surface area contributed by atoms with E-state index in [2.05, 4.69) is 50.0 Å². The van der Waals surface area contributed by atoms with Gasteiger partial charge in [-0.15, -0.1) is 0 Å². The molecule has 0 amide bonds. The zero-order chi connectivity index (χ0) is 19.6. The highest BCUT2D eigenvalue weighted by atomic mass is 15.2. The Balaban J connectivity index is 1.40. The van der Waals surface area contributed by atoms with Crippen LogP contribution in [-0.2, 0) is 13.5 Å². The number of aromatic nitrogens is 5. The third kappa shape index (κ3) is 3.73. The molecule has 2 N–H and O–H groups in total. The molecule has 5 rings (SSSR count). The lowest BCUT2D eigenvalue weighted by Crippen LogP contribution is -2.28. The molecule has 7 heteroatoms. The van der Waals surface area contributed by atoms with E-state index in [1.807, 2.05) is 36.2 Å². The molecular formula is C22H25N7. The predicted octanol–water partition coefficient (Wildman–Crippen LogP) is 3.42. The Bertz CT molecular complexity index is 1120. The van der Waals surface area contributed by atoms with Gasteiger partial charge in [0.25, 0.3) is 0 Å². The molecule has 0 unspecified atom stereocenters. The number of hydrogen-bond donors (Lipinski definition) is 2. The van der Waals surface area contributed by atoms with Crippen molar-refractivity contribution < 1.29 is 0 Å². The number of rotatable bonds is 5. The monoisotopic (exact) mass is 387 g/mol. The number of nitrogens with one attached hydrogen (secondary N) is 2. The molecule has 0 spiro atoms. The van der Waals surface area contributed by atoms with Gasteiger partial charge in [-0.05, 0) is 56.0 Å². The van der Waals surface area contributed by atoms with E-state index >= 15 is 0 Å². The van der Waals surface area contributed by atoms with Crippen LogP contribution in [0.5, 0.6) is 0 Å². The van der Waals surface area contributed by atoms with Crippen LogP contribution in [0.1, 0.15) is 18.4 Å². The van der Waals surface area contributed by atoms with E-state index in [1.54, 1.807) is 10.9 Å². The van der Waals surface area contributed by atoms with Crippen molar-refractivity contribution in [2.24, 2.45) is 13.0 Å². The van der Waals surface area contributed by atoms with E-state index in [-0.39, 0.29) is 0 Å². The number of fused-ring (bicyclic) bond motifs is 1. The van der Waals surface area contributed by atoms with Gasteiger partial charge in [0, 0.05) is 36.9 Å². The van der Waals surface area contributed by atoms with Gasteiger partial charge in [0.15, 0.2) is 11.5 Å². The zero-order valence-electron chi connectivity index (χ0n) is 16.5. The third-order valence-corrected chi connectivity index (χ3v) is 5.60. The van der Waals surface area contributed by atoms with E-state index in [4.69, 9.17) is 0 Å². The van der Waals surface area contributed by atoms with Crippen molar-refractivity contribution >= 4 is 17.2 Å². The summed E-state index contributed by atoms with van der Waals surface area (Å²) < 4.78 is 3.84. The van der Waals surface area contributed by atoms with Crippen LogP contribution in [0, 0.1) is 5.92 Å². The molecule has 29 heavy (non-hydrogen) atoms. The van der Waals surface area contributed by atoms with Crippen molar-refractivity contribution in [2.45, 2.75) is 19.3 Å². The fraction of sp³-hybridized carbons (Fsp3) is 0.318. The van der Waals surface area contributed by atoms with E-state index in [0.717, 1.165) is 53.8 Å². The van der Waals surface area contributed by atoms with Gasteiger partial charge in [0.05, 0.1) is 18.1 Å². The summed E-state index contributed by atoms with van der Waals surface area (Å²) in [6.45, 7) is 2.27. The maximum atomic E-state index is 4.61. The highest BCUT2D eigenvalue weighted by Crippen LogP contribution is 2.26. The lowest BCUT2D eigenvalue weighted by Gasteiger charge is -2.22. The van der Waals surface area contributed by atoms with Gasteiger partial charge in [0.1, 0.15) is 0 Å². The van der Waals surface area contributed by atoms with Crippen molar-refractivity contribution in [3.63, 3.8) is 0 Å². The van der Waals surface area contributed by atoms with Crippen LogP contribution in [0.25, 0.3) is 16.9 Å². The lowest BCUT2D eigenvalue weighted by atomic mass is 9.91. The van der Waals surface area contributed by atoms with Crippen molar-refractivity contribution in [3.8, 4) is 11.3 Å². The second-order valence-electron chi connectivity index (χ2n) is 7.74. The van der Waals surface area contributed by atoms with Gasteiger partial charge < -0.3 is 10.6 Å². The Morgan fingerprint density at radius 3 is 2.90 bits per heavy atom. The quantitative estimate of drug-likeness (QED) is 0.549. The molecule has 1 fully saturated rings. The van der Waals surface area contributed by atoms with Gasteiger partial charge in [-0.25, -0.2) is 9.97 Å². The van der Waals surface area contributed by atoms with E-state index in [1.165, 1.54) is 18.4 Å². The van der Waals surface area contributed by atoms with Gasteiger partial charge in [-0.3, -0.25) is 9.08 Å². The molecule has 1 saturated heterocycles. The number of piperidine rings is 1. The molecular weight excluding hydrogens is 362 g/mol. The van der Waals surface area contributed by atoms with Crippen LogP contribution in [0.15, 0.2) is 55.2 Å². The van der Waals surface area contributed by atoms with E-state index in [0.29, 0.717) is 0 Å². The van der Waals surface area contributed by atoms with Crippen molar-refractivity contribution in [1.82, 2.24) is 29.5 Å². The molecule has 4 aromatic rings. The molecule has 1 aromatic carbocycles. The number of nitrogens with zero attached hydrogens (tertiary/aromatic N) is 5. The van der Waals surface area contributed by atoms with Crippen LogP contribution >= 0.6 is 0 Å². The second kappa shape index (κ2) is 7.67. The largest absolute Gasteiger partial charge is 0.337 e. The zero-order valence-corrected chi connectivity index (χ0v) is 16.5. The fourth-order valence-corrected chi connectivity index (χ4v) is 4.11. The van der Waals surface area contributed by atoms with Gasteiger partial charge in [-0.2, -0.15) is 5.10 Å². The third-order valence-electron chi connectivity index (χ3n) is 5.60. The van der Waals surface area contributed by atoms with Crippen LogP contribution in [-0.4, -0.2) is 37.2 Å². The molecule has 0 saturated carbocycles. The lowest BCUT2D eigenvalue weighted by molar-refractivity contribution is 0.373. The average molecular weight is 387 g/mol. The second-order valence-corrected chi connectivity index (χ2v) is 7.74. The Kier molecular flexibility index (Phi) is 4.73. The smallest absolute Gasteiger partial charge is 0.180 e. The first kappa shape index (κ1) is 17.9. The first-order valence-corrected chi connectivity index (χ1v) is 10.1. The number of anilines is 2. The Labute approximate surface area is 169 Å². The molecule has 0 atom stereocenters. The van der Waals surface area contributed by atoms with Crippen LogP contribution in [0.4, 0.5) is 11.5 Å². The van der Waals surface area contributed by atoms with Gasteiger partial charge in [-0.1, -0.05) is 12.1 Å². The van der Waals surface area contributed by atoms with Crippen LogP contribution in [0.3, 0.4) is 0 Å². The maximum absolute atomic E-state index is 4.61. The average Bonchev–Trinajstić information content (AvgIpc) is 3.36. The first-order valence-electron chi connectivity index (χ1n) is 10.1. The number of imidazole rings is 1. The minimum Gasteiger partial charge on any atom is -0.337 e. The molecule has 1 aliphatic heterocycles. The summed E-state index contributed by atoms with van der Waals surface area (Å²) in [6.07, 6.45) is 13.1. The van der Waals surface area contributed by atoms with Crippen LogP contribution < -0.4 is 10.6 Å². The number of benzene rings is 1. The first-order chi connectivity index (χ1) is 14.3. The van der Waals surface area contributed by atoms with Crippen LogP contribution in [0.2, 0.25) is 0 Å². The molecule has 3 aromatic heterocycles. The van der Waals surface area contributed by atoms with Crippen molar-refractivity contribution in [3.05, 3.63) is 60.8 Å². The van der Waals surface area contributed by atoms with Gasteiger partial charge in [0.2, 0.25) is 0 Å². The SMILES string of the molecule is Cn1cc(-c2cnc3c(Nc4cccc(CC5CCNCC5)c4)nccn23)cn1. The maximum Gasteiger partial charge on any atom is 0.180 e. The van der Waals surface area contributed by atoms with Crippen molar-refractivity contribution in [2.75, 3.05) is 18.4 Å². The Morgan fingerprint density at radius 1 is 1.17 bits per heavy atom. The molecule has 7 nitrogen and oxygen atoms in total. The molecule has 148 valence electrons. The summed E-state index contributed by atoms with van der Waals surface area (Å²) in [7, 11) is 1.91. The highest BCUT2D eigenvalue weighted by molar-refractivity contribution is 5.74. The molecule has 1 aliphatic rings. The molecule has 0 aliphatic carbocycles. The summed E-state index contributed by atoms with van der Waals surface area (Å²) in [5, 5.41) is 11.2. The number of hydrogen-bond acceptors (Lipinski definition) is 5. The van der Waals surface area contributed by atoms with E-state index in [9.17, 15) is 0 Å². The number of aryl methyl sites for hydroxylation is 1. The molecule has 4 heterocycles. The van der Waals surface area contributed by atoms with Gasteiger partial charge >= 0.3 is 0 Å².